The van der Waals surface area contributed by atoms with Gasteiger partial charge in [-0.3, -0.25) is 14.5 Å². The Morgan fingerprint density at radius 1 is 0.896 bits per heavy atom. The molecule has 1 aliphatic carbocycles. The summed E-state index contributed by atoms with van der Waals surface area (Å²) in [5, 5.41) is 13.3. The van der Waals surface area contributed by atoms with Gasteiger partial charge in [-0.25, -0.2) is 0 Å². The van der Waals surface area contributed by atoms with Crippen molar-refractivity contribution in [1.82, 2.24) is 0 Å². The molecule has 0 unspecified atom stereocenters. The zero-order valence-corrected chi connectivity index (χ0v) is 27.0. The molecule has 0 radical (unpaired) electrons. The number of anilines is 3. The highest BCUT2D eigenvalue weighted by Crippen LogP contribution is 2.50. The van der Waals surface area contributed by atoms with Crippen molar-refractivity contribution >= 4 is 35.0 Å². The molecule has 2 aliphatic heterocycles. The third-order valence-electron chi connectivity index (χ3n) is 9.77. The number of allylic oxidation sites excluding steroid dienone is 1. The number of phenolic OH excluding ortho intramolecular Hbond substituents is 1. The summed E-state index contributed by atoms with van der Waals surface area (Å²) in [5.74, 6) is -0.394. The van der Waals surface area contributed by atoms with Gasteiger partial charge in [0.2, 0.25) is 11.8 Å². The van der Waals surface area contributed by atoms with Crippen molar-refractivity contribution in [3.8, 4) is 11.5 Å². The highest BCUT2D eigenvalue weighted by molar-refractivity contribution is 6.22. The molecule has 48 heavy (non-hydrogen) atoms. The summed E-state index contributed by atoms with van der Waals surface area (Å²) in [5.41, 5.74) is 6.84. The minimum Gasteiger partial charge on any atom is -0.508 e. The first-order chi connectivity index (χ1) is 23.5. The number of hydrogen-bond acceptors (Lipinski definition) is 6. The minimum absolute atomic E-state index is 0.151. The third kappa shape index (κ3) is 6.51. The second kappa shape index (κ2) is 13.9. The molecular weight excluding hydrogens is 600 g/mol. The number of amides is 2. The number of aromatic hydroxyl groups is 1. The summed E-state index contributed by atoms with van der Waals surface area (Å²) in [6.45, 7) is 2.89. The van der Waals surface area contributed by atoms with Crippen LogP contribution in [0.25, 0.3) is 6.08 Å². The topological polar surface area (TPSA) is 88.1 Å². The quantitative estimate of drug-likeness (QED) is 0.127. The summed E-state index contributed by atoms with van der Waals surface area (Å²) in [4.78, 5) is 29.6. The number of para-hydroxylation sites is 2. The molecule has 4 aromatic carbocycles. The van der Waals surface area contributed by atoms with Gasteiger partial charge in [0.1, 0.15) is 18.1 Å². The van der Waals surface area contributed by atoms with E-state index in [2.05, 4.69) is 18.3 Å². The molecule has 244 valence electrons. The van der Waals surface area contributed by atoms with Crippen LogP contribution in [0.3, 0.4) is 0 Å². The van der Waals surface area contributed by atoms with Crippen LogP contribution in [0, 0.1) is 17.8 Å². The molecule has 0 spiro atoms. The Morgan fingerprint density at radius 2 is 1.62 bits per heavy atom. The maximum Gasteiger partial charge on any atom is 0.238 e. The Morgan fingerprint density at radius 3 is 2.35 bits per heavy atom. The van der Waals surface area contributed by atoms with Crippen LogP contribution in [-0.2, 0) is 14.3 Å². The molecule has 2 heterocycles. The number of ether oxygens (including phenoxy) is 2. The van der Waals surface area contributed by atoms with Gasteiger partial charge < -0.3 is 19.9 Å². The lowest BCUT2D eigenvalue weighted by Gasteiger charge is -2.31. The lowest BCUT2D eigenvalue weighted by molar-refractivity contribution is -0.122. The maximum atomic E-state index is 14.2. The Balaban J connectivity index is 1.13. The van der Waals surface area contributed by atoms with Crippen molar-refractivity contribution in [3.05, 3.63) is 131 Å². The monoisotopic (exact) mass is 640 g/mol. The highest BCUT2D eigenvalue weighted by Gasteiger charge is 2.57. The molecule has 0 aromatic heterocycles. The molecule has 7 rings (SSSR count). The van der Waals surface area contributed by atoms with Crippen LogP contribution in [-0.4, -0.2) is 36.2 Å². The van der Waals surface area contributed by atoms with Crippen LogP contribution >= 0.6 is 0 Å². The van der Waals surface area contributed by atoms with E-state index < -0.39 is 11.8 Å². The Hall–Kier alpha value is -5.14. The molecule has 0 bridgehead atoms. The number of hydrogen-bond donors (Lipinski definition) is 2. The first-order valence-corrected chi connectivity index (χ1v) is 16.8. The number of benzene rings is 4. The van der Waals surface area contributed by atoms with Crippen molar-refractivity contribution in [3.63, 3.8) is 0 Å². The molecular formula is C41H40N2O5. The predicted molar refractivity (Wildman–Crippen MR) is 188 cm³/mol. The Bertz CT molecular complexity index is 1830. The lowest BCUT2D eigenvalue weighted by atomic mass is 9.69. The van der Waals surface area contributed by atoms with E-state index in [0.29, 0.717) is 25.3 Å². The normalized spacial score (nSPS) is 22.1. The van der Waals surface area contributed by atoms with Gasteiger partial charge in [-0.15, -0.1) is 0 Å². The standard InChI is InChI=1S/C41H40N2O5/c1-2-27(22-28-10-9-13-33(44)23-28)16-21-37-38-29(25-47-34-14-7-4-8-15-34)24-35-39(36(38)26-48-37)41(46)43(40(35)45)32-19-17-31(18-20-32)42-30-11-5-3-6-12-30/h3-15,17-20,22-23,35-37,39,42,44H,2,16,21,24-26H2,1H3/b27-22+/t35-,36+,37-,39-/m1/s1. The smallest absolute Gasteiger partial charge is 0.238 e. The molecule has 2 fully saturated rings. The molecule has 2 amide bonds. The Labute approximate surface area is 281 Å². The van der Waals surface area contributed by atoms with Gasteiger partial charge in [0, 0.05) is 17.3 Å². The van der Waals surface area contributed by atoms with Crippen LogP contribution < -0.4 is 15.0 Å². The number of carbonyl (C=O) groups excluding carboxylic acids is 2. The molecule has 7 nitrogen and oxygen atoms in total. The zero-order valence-electron chi connectivity index (χ0n) is 27.0. The first-order valence-electron chi connectivity index (χ1n) is 16.8. The van der Waals surface area contributed by atoms with Gasteiger partial charge in [0.05, 0.1) is 30.2 Å². The molecule has 4 atom stereocenters. The van der Waals surface area contributed by atoms with Gasteiger partial charge in [-0.2, -0.15) is 0 Å². The van der Waals surface area contributed by atoms with Crippen LogP contribution in [0.2, 0.25) is 0 Å². The van der Waals surface area contributed by atoms with E-state index in [0.717, 1.165) is 53.1 Å². The first kappa shape index (κ1) is 31.5. The number of phenols is 1. The number of nitrogens with one attached hydrogen (secondary N) is 1. The SMILES string of the molecule is CC/C(=C\c1cccc(O)c1)CC[C@H]1OC[C@H]2C1=C(COc1ccccc1)C[C@H]1C(=O)N(c3ccc(Nc4ccccc4)cc3)C(=O)[C@H]12. The molecule has 7 heteroatoms. The molecule has 2 saturated heterocycles. The lowest BCUT2D eigenvalue weighted by Crippen LogP contribution is -2.35. The van der Waals surface area contributed by atoms with Gasteiger partial charge in [-0.05, 0) is 103 Å². The highest BCUT2D eigenvalue weighted by atomic mass is 16.5. The third-order valence-corrected chi connectivity index (χ3v) is 9.77. The number of fused-ring (bicyclic) bond motifs is 3. The molecule has 0 saturated carbocycles. The van der Waals surface area contributed by atoms with Crippen LogP contribution in [0.5, 0.6) is 11.5 Å². The largest absolute Gasteiger partial charge is 0.508 e. The number of carbonyl (C=O) groups is 2. The van der Waals surface area contributed by atoms with E-state index in [1.165, 1.54) is 10.5 Å². The van der Waals surface area contributed by atoms with Gasteiger partial charge >= 0.3 is 0 Å². The van der Waals surface area contributed by atoms with E-state index in [1.54, 1.807) is 12.1 Å². The number of rotatable bonds is 11. The minimum atomic E-state index is -0.464. The average molecular weight is 641 g/mol. The van der Waals surface area contributed by atoms with Crippen molar-refractivity contribution in [2.45, 2.75) is 38.7 Å². The second-order valence-corrected chi connectivity index (χ2v) is 12.8. The van der Waals surface area contributed by atoms with Crippen LogP contribution in [0.1, 0.15) is 38.2 Å². The number of nitrogens with zero attached hydrogens (tertiary/aromatic N) is 1. The van der Waals surface area contributed by atoms with Gasteiger partial charge in [0.15, 0.2) is 0 Å². The fourth-order valence-electron chi connectivity index (χ4n) is 7.45. The summed E-state index contributed by atoms with van der Waals surface area (Å²) in [7, 11) is 0. The summed E-state index contributed by atoms with van der Waals surface area (Å²) in [6.07, 6.45) is 4.90. The van der Waals surface area contributed by atoms with Crippen molar-refractivity contribution in [2.75, 3.05) is 23.4 Å². The molecule has 2 N–H and O–H groups in total. The summed E-state index contributed by atoms with van der Waals surface area (Å²) >= 11 is 0. The van der Waals surface area contributed by atoms with Crippen molar-refractivity contribution < 1.29 is 24.2 Å². The average Bonchev–Trinajstić information content (AvgIpc) is 3.64. The molecule has 3 aliphatic rings. The van der Waals surface area contributed by atoms with E-state index in [1.807, 2.05) is 97.1 Å². The fourth-order valence-corrected chi connectivity index (χ4v) is 7.45. The fraction of sp³-hybridized carbons (Fsp3) is 0.268. The van der Waals surface area contributed by atoms with Crippen LogP contribution in [0.15, 0.2) is 126 Å². The maximum absolute atomic E-state index is 14.2. The van der Waals surface area contributed by atoms with E-state index in [9.17, 15) is 14.7 Å². The predicted octanol–water partition coefficient (Wildman–Crippen LogP) is 8.31. The van der Waals surface area contributed by atoms with Crippen LogP contribution in [0.4, 0.5) is 17.1 Å². The Kier molecular flexibility index (Phi) is 9.12. The van der Waals surface area contributed by atoms with Gasteiger partial charge in [0.25, 0.3) is 0 Å². The van der Waals surface area contributed by atoms with Crippen molar-refractivity contribution in [1.29, 1.82) is 0 Å². The number of imide groups is 1. The van der Waals surface area contributed by atoms with Gasteiger partial charge in [-0.1, -0.05) is 67.1 Å². The second-order valence-electron chi connectivity index (χ2n) is 12.8. The van der Waals surface area contributed by atoms with E-state index in [4.69, 9.17) is 9.47 Å². The van der Waals surface area contributed by atoms with E-state index in [-0.39, 0.29) is 29.6 Å². The van der Waals surface area contributed by atoms with Crippen molar-refractivity contribution in [2.24, 2.45) is 17.8 Å². The zero-order chi connectivity index (χ0) is 33.0. The van der Waals surface area contributed by atoms with E-state index >= 15 is 0 Å². The summed E-state index contributed by atoms with van der Waals surface area (Å²) < 4.78 is 12.7. The molecule has 4 aromatic rings. The summed E-state index contributed by atoms with van der Waals surface area (Å²) in [6, 6.07) is 34.3.